The van der Waals surface area contributed by atoms with E-state index in [4.69, 9.17) is 16.6 Å². The lowest BCUT2D eigenvalue weighted by atomic mass is 9.93. The molecular formula is C28H22ClN3. The standard InChI is InChI=1S/C28H22ClN3/c1-19-13-15-21(16-14-19)23-10-6-12-25(18-23)27-30-26(31-28(29)32-27)24-11-5-9-22(17-24)20-7-3-2-4-8-20/h2-13,15-19H,14H2,1H3. The molecule has 0 fully saturated rings. The van der Waals surface area contributed by atoms with Crippen molar-refractivity contribution in [2.75, 3.05) is 0 Å². The topological polar surface area (TPSA) is 38.7 Å². The third kappa shape index (κ3) is 4.39. The molecule has 0 saturated carbocycles. The minimum atomic E-state index is 0.186. The van der Waals surface area contributed by atoms with E-state index in [0.717, 1.165) is 34.2 Å². The molecule has 1 heterocycles. The number of halogens is 1. The Labute approximate surface area is 193 Å². The molecule has 3 nitrogen and oxygen atoms in total. The molecule has 1 atom stereocenters. The third-order valence-electron chi connectivity index (χ3n) is 5.60. The summed E-state index contributed by atoms with van der Waals surface area (Å²) in [6, 6.07) is 26.7. The highest BCUT2D eigenvalue weighted by Crippen LogP contribution is 2.29. The summed E-state index contributed by atoms with van der Waals surface area (Å²) in [5.41, 5.74) is 6.44. The number of rotatable bonds is 4. The van der Waals surface area contributed by atoms with Gasteiger partial charge < -0.3 is 0 Å². The summed E-state index contributed by atoms with van der Waals surface area (Å²) in [5, 5.41) is 0.186. The van der Waals surface area contributed by atoms with E-state index in [-0.39, 0.29) is 5.28 Å². The van der Waals surface area contributed by atoms with Gasteiger partial charge in [0.1, 0.15) is 0 Å². The molecule has 0 radical (unpaired) electrons. The number of nitrogens with zero attached hydrogens (tertiary/aromatic N) is 3. The van der Waals surface area contributed by atoms with Gasteiger partial charge in [-0.3, -0.25) is 0 Å². The lowest BCUT2D eigenvalue weighted by Gasteiger charge is -2.13. The first-order valence-electron chi connectivity index (χ1n) is 10.7. The van der Waals surface area contributed by atoms with Crippen molar-refractivity contribution < 1.29 is 0 Å². The van der Waals surface area contributed by atoms with Crippen LogP contribution in [-0.2, 0) is 0 Å². The van der Waals surface area contributed by atoms with Crippen LogP contribution in [0.3, 0.4) is 0 Å². The lowest BCUT2D eigenvalue weighted by molar-refractivity contribution is 0.739. The normalized spacial score (nSPS) is 15.4. The fourth-order valence-corrected chi connectivity index (χ4v) is 4.02. The molecule has 1 aliphatic rings. The van der Waals surface area contributed by atoms with Gasteiger partial charge in [-0.05, 0) is 58.3 Å². The van der Waals surface area contributed by atoms with Gasteiger partial charge in [-0.15, -0.1) is 0 Å². The Bertz CT molecular complexity index is 1330. The number of aromatic nitrogens is 3. The Balaban J connectivity index is 1.52. The third-order valence-corrected chi connectivity index (χ3v) is 5.77. The maximum atomic E-state index is 6.33. The van der Waals surface area contributed by atoms with Crippen LogP contribution in [0, 0.1) is 5.92 Å². The summed E-state index contributed by atoms with van der Waals surface area (Å²) in [4.78, 5) is 13.6. The molecule has 4 aromatic rings. The average Bonchev–Trinajstić information content (AvgIpc) is 2.85. The van der Waals surface area contributed by atoms with Crippen molar-refractivity contribution in [3.05, 3.63) is 108 Å². The maximum absolute atomic E-state index is 6.33. The number of benzene rings is 3. The van der Waals surface area contributed by atoms with Crippen LogP contribution >= 0.6 is 11.6 Å². The van der Waals surface area contributed by atoms with Crippen molar-refractivity contribution in [2.45, 2.75) is 13.3 Å². The van der Waals surface area contributed by atoms with Crippen LogP contribution in [0.2, 0.25) is 5.28 Å². The molecule has 156 valence electrons. The Kier molecular flexibility index (Phi) is 5.66. The van der Waals surface area contributed by atoms with E-state index in [1.807, 2.05) is 42.5 Å². The first kappa shape index (κ1) is 20.3. The molecule has 0 spiro atoms. The number of hydrogen-bond acceptors (Lipinski definition) is 3. The number of hydrogen-bond donors (Lipinski definition) is 0. The van der Waals surface area contributed by atoms with Gasteiger partial charge >= 0.3 is 0 Å². The molecule has 32 heavy (non-hydrogen) atoms. The van der Waals surface area contributed by atoms with E-state index in [9.17, 15) is 0 Å². The van der Waals surface area contributed by atoms with Crippen LogP contribution in [0.1, 0.15) is 18.9 Å². The Morgan fingerprint density at radius 3 is 1.94 bits per heavy atom. The van der Waals surface area contributed by atoms with Crippen LogP contribution in [0.4, 0.5) is 0 Å². The van der Waals surface area contributed by atoms with Crippen LogP contribution in [0.5, 0.6) is 0 Å². The molecule has 3 aromatic carbocycles. The summed E-state index contributed by atoms with van der Waals surface area (Å²) in [6.07, 6.45) is 7.77. The summed E-state index contributed by atoms with van der Waals surface area (Å²) < 4.78 is 0. The predicted octanol–water partition coefficient (Wildman–Crippen LogP) is 7.51. The van der Waals surface area contributed by atoms with Crippen molar-refractivity contribution in [3.8, 4) is 33.9 Å². The Hall–Kier alpha value is -3.56. The Morgan fingerprint density at radius 1 is 0.688 bits per heavy atom. The van der Waals surface area contributed by atoms with Crippen molar-refractivity contribution in [2.24, 2.45) is 5.92 Å². The molecular weight excluding hydrogens is 414 g/mol. The van der Waals surface area contributed by atoms with Crippen LogP contribution in [-0.4, -0.2) is 15.0 Å². The second-order valence-electron chi connectivity index (χ2n) is 8.01. The molecule has 0 aliphatic heterocycles. The van der Waals surface area contributed by atoms with Crippen LogP contribution in [0.25, 0.3) is 39.5 Å². The van der Waals surface area contributed by atoms with Gasteiger partial charge in [0.15, 0.2) is 11.6 Å². The van der Waals surface area contributed by atoms with Gasteiger partial charge in [0.2, 0.25) is 5.28 Å². The van der Waals surface area contributed by atoms with Crippen molar-refractivity contribution in [3.63, 3.8) is 0 Å². The minimum absolute atomic E-state index is 0.186. The van der Waals surface area contributed by atoms with E-state index < -0.39 is 0 Å². The highest BCUT2D eigenvalue weighted by Gasteiger charge is 2.12. The van der Waals surface area contributed by atoms with Gasteiger partial charge in [0.25, 0.3) is 0 Å². The zero-order valence-corrected chi connectivity index (χ0v) is 18.5. The fraction of sp³-hybridized carbons (Fsp3) is 0.107. The molecule has 5 rings (SSSR count). The highest BCUT2D eigenvalue weighted by molar-refractivity contribution is 6.28. The van der Waals surface area contributed by atoms with E-state index in [1.54, 1.807) is 0 Å². The first-order valence-corrected chi connectivity index (χ1v) is 11.1. The molecule has 0 bridgehead atoms. The zero-order chi connectivity index (χ0) is 21.9. The fourth-order valence-electron chi connectivity index (χ4n) is 3.86. The van der Waals surface area contributed by atoms with Crippen molar-refractivity contribution in [1.82, 2.24) is 15.0 Å². The van der Waals surface area contributed by atoms with E-state index in [2.05, 4.69) is 71.5 Å². The molecule has 0 N–H and O–H groups in total. The van der Waals surface area contributed by atoms with E-state index >= 15 is 0 Å². The lowest BCUT2D eigenvalue weighted by Crippen LogP contribution is -1.98. The summed E-state index contributed by atoms with van der Waals surface area (Å²) in [5.74, 6) is 1.72. The molecule has 1 aromatic heterocycles. The van der Waals surface area contributed by atoms with Crippen molar-refractivity contribution >= 4 is 17.2 Å². The smallest absolute Gasteiger partial charge is 0.208 e. The second-order valence-corrected chi connectivity index (χ2v) is 8.35. The van der Waals surface area contributed by atoms with E-state index in [0.29, 0.717) is 17.6 Å². The summed E-state index contributed by atoms with van der Waals surface area (Å²) >= 11 is 6.33. The van der Waals surface area contributed by atoms with Gasteiger partial charge in [0, 0.05) is 11.1 Å². The van der Waals surface area contributed by atoms with Crippen LogP contribution < -0.4 is 0 Å². The minimum Gasteiger partial charge on any atom is -0.208 e. The van der Waals surface area contributed by atoms with Gasteiger partial charge in [-0.1, -0.05) is 91.9 Å². The van der Waals surface area contributed by atoms with Gasteiger partial charge in [-0.25, -0.2) is 4.98 Å². The first-order chi connectivity index (χ1) is 15.7. The highest BCUT2D eigenvalue weighted by atomic mass is 35.5. The van der Waals surface area contributed by atoms with Crippen LogP contribution in [0.15, 0.2) is 97.1 Å². The molecule has 1 aliphatic carbocycles. The Morgan fingerprint density at radius 2 is 1.28 bits per heavy atom. The van der Waals surface area contributed by atoms with E-state index in [1.165, 1.54) is 5.57 Å². The number of allylic oxidation sites excluding steroid dienone is 4. The molecule has 0 amide bonds. The van der Waals surface area contributed by atoms with Crippen molar-refractivity contribution in [1.29, 1.82) is 0 Å². The molecule has 0 saturated heterocycles. The summed E-state index contributed by atoms with van der Waals surface area (Å²) in [7, 11) is 0. The monoisotopic (exact) mass is 435 g/mol. The van der Waals surface area contributed by atoms with Gasteiger partial charge in [-0.2, -0.15) is 9.97 Å². The second kappa shape index (κ2) is 8.89. The maximum Gasteiger partial charge on any atom is 0.226 e. The quantitative estimate of drug-likeness (QED) is 0.333. The predicted molar refractivity (Wildman–Crippen MR) is 132 cm³/mol. The molecule has 4 heteroatoms. The summed E-state index contributed by atoms with van der Waals surface area (Å²) in [6.45, 7) is 2.22. The molecule has 1 unspecified atom stereocenters. The SMILES string of the molecule is CC1C=CC(c2cccc(-c3nc(Cl)nc(-c4cccc(-c5ccccc5)c4)n3)c2)=CC1. The average molecular weight is 436 g/mol. The van der Waals surface area contributed by atoms with Gasteiger partial charge in [0.05, 0.1) is 0 Å². The largest absolute Gasteiger partial charge is 0.226 e. The zero-order valence-electron chi connectivity index (χ0n) is 17.7.